The molecule has 0 amide bonds. The van der Waals surface area contributed by atoms with E-state index in [2.05, 4.69) is 34.6 Å². The van der Waals surface area contributed by atoms with Crippen molar-refractivity contribution in [3.05, 3.63) is 13.8 Å². The summed E-state index contributed by atoms with van der Waals surface area (Å²) in [4.78, 5) is 0. The molecule has 0 aromatic heterocycles. The van der Waals surface area contributed by atoms with Gasteiger partial charge >= 0.3 is 21.1 Å². The third kappa shape index (κ3) is 7.73. The van der Waals surface area contributed by atoms with Gasteiger partial charge in [-0.1, -0.05) is 26.7 Å². The van der Waals surface area contributed by atoms with Crippen LogP contribution >= 0.6 is 0 Å². The molecule has 0 aliphatic heterocycles. The molecule has 0 aliphatic carbocycles. The van der Waals surface area contributed by atoms with Crippen LogP contribution in [0.5, 0.6) is 0 Å². The minimum atomic E-state index is 0. The molecule has 0 saturated heterocycles. The Morgan fingerprint density at radius 3 is 1.36 bits per heavy atom. The van der Waals surface area contributed by atoms with Crippen molar-refractivity contribution in [3.8, 4) is 0 Å². The summed E-state index contributed by atoms with van der Waals surface area (Å²) in [7, 11) is 0. The van der Waals surface area contributed by atoms with E-state index in [4.69, 9.17) is 0 Å². The molecule has 11 heavy (non-hydrogen) atoms. The van der Waals surface area contributed by atoms with Crippen molar-refractivity contribution in [2.45, 2.75) is 33.6 Å². The van der Waals surface area contributed by atoms with Crippen LogP contribution in [0.3, 0.4) is 0 Å². The van der Waals surface area contributed by atoms with Crippen molar-refractivity contribution in [1.29, 1.82) is 0 Å². The molecular weight excluding hydrogens is 476 g/mol. The maximum Gasteiger partial charge on any atom is 2.00 e. The molecule has 0 unspecified atom stereocenters. The Morgan fingerprint density at radius 2 is 1.36 bits per heavy atom. The molecule has 0 aliphatic rings. The third-order valence-corrected chi connectivity index (χ3v) is 1.92. The smallest absolute Gasteiger partial charge is 0.343 e. The summed E-state index contributed by atoms with van der Waals surface area (Å²) in [6, 6.07) is 0. The standard InChI is InChI=1S/C9H18.2W/c1-6-8(7-2)9(3,4)5;;/h8H,1-2,6-7H2,3-5H3;;/q-2;;+2. The van der Waals surface area contributed by atoms with Crippen molar-refractivity contribution in [3.63, 3.8) is 0 Å². The quantitative estimate of drug-likeness (QED) is 0.519. The Kier molecular flexibility index (Phi) is 13.2. The molecule has 2 heteroatoms. The minimum Gasteiger partial charge on any atom is -0.343 e. The van der Waals surface area contributed by atoms with Gasteiger partial charge in [0.15, 0.2) is 0 Å². The van der Waals surface area contributed by atoms with Crippen LogP contribution < -0.4 is 0 Å². The molecule has 0 aromatic carbocycles. The molecule has 0 bridgehead atoms. The normalized spacial score (nSPS) is 10.4. The summed E-state index contributed by atoms with van der Waals surface area (Å²) < 4.78 is 0. The average Bonchev–Trinajstić information content (AvgIpc) is 1.65. The van der Waals surface area contributed by atoms with E-state index in [9.17, 15) is 0 Å². The Morgan fingerprint density at radius 1 is 1.09 bits per heavy atom. The maximum atomic E-state index is 3.88. The van der Waals surface area contributed by atoms with E-state index in [0.717, 1.165) is 12.8 Å². The largest absolute Gasteiger partial charge is 2.00 e. The third-order valence-electron chi connectivity index (χ3n) is 1.92. The fraction of sp³-hybridized carbons (Fsp3) is 0.778. The molecule has 66 valence electrons. The van der Waals surface area contributed by atoms with Gasteiger partial charge in [-0.2, -0.15) is 12.8 Å². The number of rotatable bonds is 2. The van der Waals surface area contributed by atoms with Crippen molar-refractivity contribution in [1.82, 2.24) is 0 Å². The Balaban J connectivity index is -0.000000320. The average molecular weight is 494 g/mol. The van der Waals surface area contributed by atoms with Crippen LogP contribution in [0.25, 0.3) is 0 Å². The first-order chi connectivity index (χ1) is 4.02. The number of hydrogen-bond donors (Lipinski definition) is 0. The summed E-state index contributed by atoms with van der Waals surface area (Å²) in [5, 5.41) is 0. The molecule has 0 heterocycles. The van der Waals surface area contributed by atoms with Crippen molar-refractivity contribution < 1.29 is 42.1 Å². The molecule has 0 aromatic rings. The first-order valence-corrected chi connectivity index (χ1v) is 3.61. The zero-order valence-corrected chi connectivity index (χ0v) is 13.6. The van der Waals surface area contributed by atoms with Crippen LogP contribution in [-0.4, -0.2) is 0 Å². The van der Waals surface area contributed by atoms with E-state index < -0.39 is 0 Å². The van der Waals surface area contributed by atoms with Gasteiger partial charge in [-0.3, -0.25) is 0 Å². The SMILES string of the molecule is [CH2-]CC(C[CH2-])C(C)(C)C.[W+2].[W]. The van der Waals surface area contributed by atoms with Gasteiger partial charge in [-0.05, 0) is 5.41 Å². The number of hydrogen-bond acceptors (Lipinski definition) is 0. The Labute approximate surface area is 100 Å². The molecular formula is C9H18W2. The Hall–Kier alpha value is 1.38. The second kappa shape index (κ2) is 8.00. The molecule has 0 atom stereocenters. The molecule has 0 saturated carbocycles. The van der Waals surface area contributed by atoms with Gasteiger partial charge in [-0.25, -0.2) is 0 Å². The molecule has 0 fully saturated rings. The summed E-state index contributed by atoms with van der Waals surface area (Å²) in [6.07, 6.45) is 2.01. The topological polar surface area (TPSA) is 0 Å². The van der Waals surface area contributed by atoms with Gasteiger partial charge < -0.3 is 13.8 Å². The van der Waals surface area contributed by atoms with Crippen LogP contribution in [0.4, 0.5) is 0 Å². The second-order valence-electron chi connectivity index (χ2n) is 3.64. The molecule has 0 N–H and O–H groups in total. The fourth-order valence-corrected chi connectivity index (χ4v) is 1.01. The molecule has 0 spiro atoms. The molecule has 0 rings (SSSR count). The minimum absolute atomic E-state index is 0. The monoisotopic (exact) mass is 494 g/mol. The summed E-state index contributed by atoms with van der Waals surface area (Å²) in [5.74, 6) is 0.678. The van der Waals surface area contributed by atoms with Crippen LogP contribution in [0, 0.1) is 25.2 Å². The van der Waals surface area contributed by atoms with E-state index in [1.807, 2.05) is 0 Å². The fourth-order valence-electron chi connectivity index (χ4n) is 1.01. The Bertz CT molecular complexity index is 70.1. The predicted octanol–water partition coefficient (Wildman–Crippen LogP) is 3.09. The van der Waals surface area contributed by atoms with Gasteiger partial charge in [0.1, 0.15) is 0 Å². The van der Waals surface area contributed by atoms with E-state index in [-0.39, 0.29) is 42.1 Å². The van der Waals surface area contributed by atoms with E-state index in [1.165, 1.54) is 0 Å². The van der Waals surface area contributed by atoms with Crippen molar-refractivity contribution in [2.75, 3.05) is 0 Å². The van der Waals surface area contributed by atoms with E-state index in [0.29, 0.717) is 11.3 Å². The molecule has 0 radical (unpaired) electrons. The zero-order chi connectivity index (χ0) is 7.49. The molecule has 0 nitrogen and oxygen atoms in total. The van der Waals surface area contributed by atoms with Gasteiger partial charge in [0.2, 0.25) is 0 Å². The van der Waals surface area contributed by atoms with Crippen LogP contribution in [0.15, 0.2) is 0 Å². The van der Waals surface area contributed by atoms with Crippen LogP contribution in [0.1, 0.15) is 33.6 Å². The maximum absolute atomic E-state index is 3.88. The van der Waals surface area contributed by atoms with Crippen molar-refractivity contribution >= 4 is 0 Å². The van der Waals surface area contributed by atoms with E-state index >= 15 is 0 Å². The van der Waals surface area contributed by atoms with Crippen LogP contribution in [-0.2, 0) is 42.1 Å². The van der Waals surface area contributed by atoms with Crippen molar-refractivity contribution in [2.24, 2.45) is 11.3 Å². The summed E-state index contributed by atoms with van der Waals surface area (Å²) in [6.45, 7) is 14.5. The van der Waals surface area contributed by atoms with Gasteiger partial charge in [0, 0.05) is 21.1 Å². The van der Waals surface area contributed by atoms with Gasteiger partial charge in [-0.15, -0.1) is 0 Å². The zero-order valence-electron chi connectivity index (χ0n) is 7.72. The predicted molar refractivity (Wildman–Crippen MR) is 42.9 cm³/mol. The second-order valence-corrected chi connectivity index (χ2v) is 3.64. The summed E-state index contributed by atoms with van der Waals surface area (Å²) in [5.41, 5.74) is 0.392. The van der Waals surface area contributed by atoms with Crippen LogP contribution in [0.2, 0.25) is 0 Å². The summed E-state index contributed by atoms with van der Waals surface area (Å²) >= 11 is 0. The first kappa shape index (κ1) is 18.2. The van der Waals surface area contributed by atoms with Gasteiger partial charge in [0.25, 0.3) is 0 Å². The van der Waals surface area contributed by atoms with Gasteiger partial charge in [0.05, 0.1) is 0 Å². The first-order valence-electron chi connectivity index (χ1n) is 3.61. The van der Waals surface area contributed by atoms with E-state index in [1.54, 1.807) is 0 Å².